The van der Waals surface area contributed by atoms with E-state index in [0.29, 0.717) is 18.0 Å². The third-order valence-corrected chi connectivity index (χ3v) is 7.04. The monoisotopic (exact) mass is 560 g/mol. The number of ether oxygens (including phenoxy) is 5. The molecule has 0 radical (unpaired) electrons. The van der Waals surface area contributed by atoms with Crippen LogP contribution in [0.25, 0.3) is 0 Å². The molecule has 11 heteroatoms. The van der Waals surface area contributed by atoms with Gasteiger partial charge in [-0.3, -0.25) is 9.59 Å². The maximum absolute atomic E-state index is 13.9. The molecule has 1 saturated carbocycles. The van der Waals surface area contributed by atoms with Gasteiger partial charge in [-0.15, -0.1) is 0 Å². The van der Waals surface area contributed by atoms with Crippen molar-refractivity contribution in [2.45, 2.75) is 64.0 Å². The molecule has 0 saturated heterocycles. The fourth-order valence-corrected chi connectivity index (χ4v) is 5.06. The molecular formula is C29H37FN2O8. The summed E-state index contributed by atoms with van der Waals surface area (Å²) in [6.07, 6.45) is 5.75. The molecule has 3 rings (SSSR count). The molecular weight excluding hydrogens is 523 g/mol. The van der Waals surface area contributed by atoms with Crippen molar-refractivity contribution in [1.82, 2.24) is 10.3 Å². The van der Waals surface area contributed by atoms with E-state index >= 15 is 0 Å². The van der Waals surface area contributed by atoms with Crippen LogP contribution in [0.4, 0.5) is 4.39 Å². The van der Waals surface area contributed by atoms with E-state index in [0.717, 1.165) is 31.2 Å². The number of hydrogen-bond acceptors (Lipinski definition) is 9. The fraction of sp³-hybridized carbons (Fsp3) is 0.517. The highest BCUT2D eigenvalue weighted by Crippen LogP contribution is 2.43. The van der Waals surface area contributed by atoms with Gasteiger partial charge in [0.1, 0.15) is 23.4 Å². The lowest BCUT2D eigenvalue weighted by atomic mass is 9.80. The number of benzene rings is 1. The van der Waals surface area contributed by atoms with E-state index in [2.05, 4.69) is 10.3 Å². The molecule has 1 fully saturated rings. The van der Waals surface area contributed by atoms with Gasteiger partial charge in [0.25, 0.3) is 5.91 Å². The SMILES string of the molecule is COc1cc(F)ccc1[C@H](C1CCCC1)[C@H](C)OC[C@@](C)(C=O)NC(=O)c1nccc(OC)c1OCOC(C)=O. The third-order valence-electron chi connectivity index (χ3n) is 7.04. The third kappa shape index (κ3) is 7.68. The zero-order valence-corrected chi connectivity index (χ0v) is 23.5. The van der Waals surface area contributed by atoms with Crippen LogP contribution in [-0.2, 0) is 19.1 Å². The maximum Gasteiger partial charge on any atom is 0.305 e. The van der Waals surface area contributed by atoms with E-state index < -0.39 is 30.0 Å². The van der Waals surface area contributed by atoms with Crippen molar-refractivity contribution in [3.63, 3.8) is 0 Å². The zero-order chi connectivity index (χ0) is 29.3. The topological polar surface area (TPSA) is 122 Å². The van der Waals surface area contributed by atoms with Crippen LogP contribution in [0.15, 0.2) is 30.5 Å². The molecule has 2 aromatic rings. The molecule has 0 bridgehead atoms. The van der Waals surface area contributed by atoms with Crippen molar-refractivity contribution in [2.75, 3.05) is 27.6 Å². The Morgan fingerprint density at radius 3 is 2.50 bits per heavy atom. The fourth-order valence-electron chi connectivity index (χ4n) is 5.06. The summed E-state index contributed by atoms with van der Waals surface area (Å²) in [4.78, 5) is 40.7. The molecule has 1 N–H and O–H groups in total. The van der Waals surface area contributed by atoms with Crippen LogP contribution in [-0.4, -0.2) is 62.4 Å². The maximum atomic E-state index is 13.9. The zero-order valence-electron chi connectivity index (χ0n) is 23.5. The molecule has 1 aliphatic carbocycles. The van der Waals surface area contributed by atoms with Gasteiger partial charge < -0.3 is 33.8 Å². The average Bonchev–Trinajstić information content (AvgIpc) is 3.47. The van der Waals surface area contributed by atoms with Gasteiger partial charge in [0.05, 0.1) is 26.9 Å². The molecule has 0 unspecified atom stereocenters. The Bertz CT molecular complexity index is 1190. The molecule has 218 valence electrons. The first kappa shape index (κ1) is 30.8. The van der Waals surface area contributed by atoms with Crippen LogP contribution in [0, 0.1) is 11.7 Å². The molecule has 1 heterocycles. The number of amides is 1. The molecule has 1 amide bonds. The van der Waals surface area contributed by atoms with Gasteiger partial charge in [0.15, 0.2) is 17.2 Å². The normalized spacial score (nSPS) is 16.4. The van der Waals surface area contributed by atoms with Crippen molar-refractivity contribution < 1.29 is 42.5 Å². The van der Waals surface area contributed by atoms with Crippen molar-refractivity contribution in [1.29, 1.82) is 0 Å². The summed E-state index contributed by atoms with van der Waals surface area (Å²) in [5, 5.41) is 2.67. The number of aldehydes is 1. The van der Waals surface area contributed by atoms with E-state index in [1.165, 1.54) is 52.5 Å². The first-order valence-corrected chi connectivity index (χ1v) is 13.2. The highest BCUT2D eigenvalue weighted by molar-refractivity contribution is 5.97. The summed E-state index contributed by atoms with van der Waals surface area (Å²) >= 11 is 0. The molecule has 0 aliphatic heterocycles. The Labute approximate surface area is 233 Å². The van der Waals surface area contributed by atoms with Crippen molar-refractivity contribution in [3.8, 4) is 17.2 Å². The summed E-state index contributed by atoms with van der Waals surface area (Å²) in [5.74, 6) is -0.885. The lowest BCUT2D eigenvalue weighted by molar-refractivity contribution is -0.147. The number of esters is 1. The minimum absolute atomic E-state index is 0.0454. The Kier molecular flexibility index (Phi) is 10.8. The summed E-state index contributed by atoms with van der Waals surface area (Å²) in [5.41, 5.74) is -0.737. The number of carbonyl (C=O) groups is 3. The number of nitrogens with one attached hydrogen (secondary N) is 1. The van der Waals surface area contributed by atoms with Crippen molar-refractivity contribution in [3.05, 3.63) is 47.5 Å². The van der Waals surface area contributed by atoms with Gasteiger partial charge in [-0.2, -0.15) is 0 Å². The average molecular weight is 561 g/mol. The largest absolute Gasteiger partial charge is 0.496 e. The van der Waals surface area contributed by atoms with Crippen molar-refractivity contribution >= 4 is 18.2 Å². The first-order valence-electron chi connectivity index (χ1n) is 13.2. The van der Waals surface area contributed by atoms with E-state index in [1.807, 2.05) is 6.92 Å². The number of halogens is 1. The molecule has 1 aromatic heterocycles. The summed E-state index contributed by atoms with van der Waals surface area (Å²) in [6.45, 7) is 4.07. The van der Waals surface area contributed by atoms with E-state index in [-0.39, 0.29) is 35.8 Å². The predicted octanol–water partition coefficient (Wildman–Crippen LogP) is 4.20. The second kappa shape index (κ2) is 14.1. The Morgan fingerprint density at radius 1 is 1.18 bits per heavy atom. The molecule has 1 aliphatic rings. The number of pyridine rings is 1. The van der Waals surface area contributed by atoms with Crippen LogP contribution < -0.4 is 19.5 Å². The van der Waals surface area contributed by atoms with Crippen LogP contribution in [0.3, 0.4) is 0 Å². The highest BCUT2D eigenvalue weighted by atomic mass is 19.1. The van der Waals surface area contributed by atoms with Crippen LogP contribution in [0.5, 0.6) is 17.2 Å². The highest BCUT2D eigenvalue weighted by Gasteiger charge is 2.36. The number of aromatic nitrogens is 1. The van der Waals surface area contributed by atoms with Gasteiger partial charge in [-0.05, 0) is 38.7 Å². The Hall–Kier alpha value is -3.73. The minimum Gasteiger partial charge on any atom is -0.496 e. The van der Waals surface area contributed by atoms with Crippen LogP contribution >= 0.6 is 0 Å². The number of carbonyl (C=O) groups excluding carboxylic acids is 3. The van der Waals surface area contributed by atoms with Gasteiger partial charge in [0, 0.05) is 36.7 Å². The minimum atomic E-state index is -1.42. The smallest absolute Gasteiger partial charge is 0.305 e. The van der Waals surface area contributed by atoms with Gasteiger partial charge in [-0.25, -0.2) is 9.37 Å². The van der Waals surface area contributed by atoms with E-state index in [9.17, 15) is 18.8 Å². The number of rotatable bonds is 14. The molecule has 0 spiro atoms. The Balaban J connectivity index is 1.78. The predicted molar refractivity (Wildman–Crippen MR) is 143 cm³/mol. The number of nitrogens with zero attached hydrogens (tertiary/aromatic N) is 1. The Morgan fingerprint density at radius 2 is 1.88 bits per heavy atom. The van der Waals surface area contributed by atoms with Crippen LogP contribution in [0.2, 0.25) is 0 Å². The summed E-state index contributed by atoms with van der Waals surface area (Å²) < 4.78 is 41.2. The first-order chi connectivity index (χ1) is 19.1. The van der Waals surface area contributed by atoms with Crippen molar-refractivity contribution in [2.24, 2.45) is 5.92 Å². The van der Waals surface area contributed by atoms with E-state index in [1.54, 1.807) is 6.07 Å². The summed E-state index contributed by atoms with van der Waals surface area (Å²) in [6, 6.07) is 5.98. The number of hydrogen-bond donors (Lipinski definition) is 1. The summed E-state index contributed by atoms with van der Waals surface area (Å²) in [7, 11) is 2.89. The standard InChI is InChI=1S/C29H37FN2O8/c1-18(25(20-8-6-7-9-20)22-11-10-21(30)14-24(22)37-5)38-16-29(3,15-33)32-28(35)26-27(40-17-39-19(2)34)23(36-4)12-13-31-26/h10-15,18,20,25H,6-9,16-17H2,1-5H3,(H,32,35)/t18-,25-,29+/m0/s1. The molecule has 10 nitrogen and oxygen atoms in total. The lowest BCUT2D eigenvalue weighted by Crippen LogP contribution is -2.52. The second-order valence-corrected chi connectivity index (χ2v) is 10.1. The van der Waals surface area contributed by atoms with Gasteiger partial charge in [-0.1, -0.05) is 18.9 Å². The quantitative estimate of drug-likeness (QED) is 0.206. The van der Waals surface area contributed by atoms with E-state index in [4.69, 9.17) is 23.7 Å². The van der Waals surface area contributed by atoms with Gasteiger partial charge >= 0.3 is 5.97 Å². The molecule has 3 atom stereocenters. The molecule has 1 aromatic carbocycles. The van der Waals surface area contributed by atoms with Crippen LogP contribution in [0.1, 0.15) is 68.4 Å². The number of methoxy groups -OCH3 is 2. The van der Waals surface area contributed by atoms with Gasteiger partial charge in [0.2, 0.25) is 6.79 Å². The second-order valence-electron chi connectivity index (χ2n) is 10.1. The molecule has 40 heavy (non-hydrogen) atoms. The lowest BCUT2D eigenvalue weighted by Gasteiger charge is -2.33.